The highest BCUT2D eigenvalue weighted by atomic mass is 32.1. The maximum absolute atomic E-state index is 14.5. The molecule has 1 aromatic heterocycles. The summed E-state index contributed by atoms with van der Waals surface area (Å²) in [6.45, 7) is 2.54. The zero-order chi connectivity index (χ0) is 27.6. The minimum absolute atomic E-state index is 0.0434. The Balaban J connectivity index is 1.34. The van der Waals surface area contributed by atoms with Gasteiger partial charge >= 0.3 is 0 Å². The van der Waals surface area contributed by atoms with Crippen LogP contribution in [0.2, 0.25) is 0 Å². The average Bonchev–Trinajstić information content (AvgIpc) is 3.66. The highest BCUT2D eigenvalue weighted by Gasteiger charge is 2.43. The topological polar surface area (TPSA) is 77.6 Å². The van der Waals surface area contributed by atoms with E-state index in [9.17, 15) is 14.0 Å². The lowest BCUT2D eigenvalue weighted by molar-refractivity contribution is -0.141. The van der Waals surface area contributed by atoms with Crippen LogP contribution < -0.4 is 10.6 Å². The predicted octanol–water partition coefficient (Wildman–Crippen LogP) is 4.65. The fourth-order valence-corrected chi connectivity index (χ4v) is 7.42. The molecule has 3 aliphatic rings. The predicted molar refractivity (Wildman–Crippen MR) is 156 cm³/mol. The molecule has 40 heavy (non-hydrogen) atoms. The van der Waals surface area contributed by atoms with Crippen molar-refractivity contribution in [1.29, 1.82) is 0 Å². The van der Waals surface area contributed by atoms with Crippen molar-refractivity contribution in [3.05, 3.63) is 64.3 Å². The molecule has 2 amide bonds. The lowest BCUT2D eigenvalue weighted by Gasteiger charge is -2.44. The van der Waals surface area contributed by atoms with Crippen LogP contribution in [0, 0.1) is 5.82 Å². The molecule has 9 heteroatoms. The standard InChI is InChI=1S/C31H36FN5O2S/c1-33-16-28(38)35-29(20-8-3-2-4-9-20)31(39)37-17-21-10-7-15-36(21)18-27(37)30-34-26(19-40-30)24-13-14-25(32)23-12-6-5-11-22(23)24/h5-6,8,11-14,19,21,27,29,33H,2-4,7,9-10,15-18H2,1H3,(H,35,38). The Morgan fingerprint density at radius 1 is 1.12 bits per heavy atom. The fourth-order valence-electron chi connectivity index (χ4n) is 6.50. The van der Waals surface area contributed by atoms with Gasteiger partial charge in [0.15, 0.2) is 0 Å². The Labute approximate surface area is 238 Å². The van der Waals surface area contributed by atoms with E-state index < -0.39 is 6.04 Å². The number of hydrogen-bond acceptors (Lipinski definition) is 6. The van der Waals surface area contributed by atoms with Crippen LogP contribution in [0.4, 0.5) is 4.39 Å². The number of nitrogens with zero attached hydrogens (tertiary/aromatic N) is 3. The Kier molecular flexibility index (Phi) is 7.96. The molecule has 2 aromatic carbocycles. The normalized spacial score (nSPS) is 22.1. The Morgan fingerprint density at radius 2 is 1.98 bits per heavy atom. The van der Waals surface area contributed by atoms with Gasteiger partial charge in [-0.2, -0.15) is 0 Å². The molecule has 2 fully saturated rings. The first-order valence-electron chi connectivity index (χ1n) is 14.3. The van der Waals surface area contributed by atoms with Gasteiger partial charge in [0.05, 0.1) is 18.3 Å². The van der Waals surface area contributed by atoms with Gasteiger partial charge in [0, 0.05) is 35.5 Å². The lowest BCUT2D eigenvalue weighted by atomic mass is 9.92. The number of likely N-dealkylation sites (N-methyl/N-ethyl adjacent to an activating group) is 1. The summed E-state index contributed by atoms with van der Waals surface area (Å²) < 4.78 is 14.5. The minimum atomic E-state index is -0.655. The van der Waals surface area contributed by atoms with Crippen molar-refractivity contribution in [2.45, 2.75) is 56.7 Å². The van der Waals surface area contributed by atoms with Crippen molar-refractivity contribution < 1.29 is 14.0 Å². The number of aromatic nitrogens is 1. The molecule has 7 nitrogen and oxygen atoms in total. The van der Waals surface area contributed by atoms with Gasteiger partial charge in [-0.05, 0) is 75.2 Å². The number of thiazole rings is 1. The summed E-state index contributed by atoms with van der Waals surface area (Å²) in [6.07, 6.45) is 8.23. The highest BCUT2D eigenvalue weighted by molar-refractivity contribution is 7.10. The summed E-state index contributed by atoms with van der Waals surface area (Å²) in [5.74, 6) is -0.469. The van der Waals surface area contributed by atoms with Crippen LogP contribution in [0.15, 0.2) is 53.4 Å². The number of benzene rings is 2. The molecule has 0 bridgehead atoms. The van der Waals surface area contributed by atoms with E-state index in [2.05, 4.69) is 21.6 Å². The monoisotopic (exact) mass is 561 g/mol. The van der Waals surface area contributed by atoms with Crippen LogP contribution in [0.1, 0.15) is 49.6 Å². The highest BCUT2D eigenvalue weighted by Crippen LogP contribution is 2.38. The van der Waals surface area contributed by atoms with Gasteiger partial charge in [0.2, 0.25) is 11.8 Å². The first kappa shape index (κ1) is 27.1. The Morgan fingerprint density at radius 3 is 2.77 bits per heavy atom. The Bertz CT molecular complexity index is 1440. The fraction of sp³-hybridized carbons (Fsp3) is 0.452. The minimum Gasteiger partial charge on any atom is -0.340 e. The molecule has 0 saturated carbocycles. The summed E-state index contributed by atoms with van der Waals surface area (Å²) >= 11 is 1.55. The maximum atomic E-state index is 14.5. The molecule has 2 N–H and O–H groups in total. The number of nitrogens with one attached hydrogen (secondary N) is 2. The van der Waals surface area contributed by atoms with Gasteiger partial charge in [0.25, 0.3) is 0 Å². The molecule has 210 valence electrons. The number of halogens is 1. The van der Waals surface area contributed by atoms with Crippen molar-refractivity contribution in [3.63, 3.8) is 0 Å². The molecule has 2 aliphatic heterocycles. The van der Waals surface area contributed by atoms with E-state index in [1.54, 1.807) is 30.5 Å². The van der Waals surface area contributed by atoms with Gasteiger partial charge in [0.1, 0.15) is 16.9 Å². The van der Waals surface area contributed by atoms with Gasteiger partial charge in [-0.3, -0.25) is 14.5 Å². The van der Waals surface area contributed by atoms with Crippen molar-refractivity contribution >= 4 is 33.9 Å². The van der Waals surface area contributed by atoms with E-state index in [0.29, 0.717) is 18.0 Å². The molecule has 3 heterocycles. The van der Waals surface area contributed by atoms with Crippen LogP contribution >= 0.6 is 11.3 Å². The van der Waals surface area contributed by atoms with Crippen LogP contribution in [0.5, 0.6) is 0 Å². The van der Waals surface area contributed by atoms with Crippen molar-refractivity contribution in [3.8, 4) is 11.3 Å². The third-order valence-corrected chi connectivity index (χ3v) is 9.46. The third kappa shape index (κ3) is 5.30. The molecular weight excluding hydrogens is 525 g/mol. The van der Waals surface area contributed by atoms with Crippen LogP contribution in [-0.4, -0.2) is 71.9 Å². The number of carbonyl (C=O) groups excluding carboxylic acids is 2. The summed E-state index contributed by atoms with van der Waals surface area (Å²) in [5, 5.41) is 10.2. The quantitative estimate of drug-likeness (QED) is 0.411. The van der Waals surface area contributed by atoms with Crippen molar-refractivity contribution in [2.24, 2.45) is 0 Å². The van der Waals surface area contributed by atoms with Gasteiger partial charge in [-0.15, -0.1) is 11.3 Å². The molecule has 0 spiro atoms. The zero-order valence-electron chi connectivity index (χ0n) is 22.9. The Hall–Kier alpha value is -3.14. The van der Waals surface area contributed by atoms with E-state index in [1.807, 2.05) is 28.5 Å². The lowest BCUT2D eigenvalue weighted by Crippen LogP contribution is -2.59. The summed E-state index contributed by atoms with van der Waals surface area (Å²) in [6, 6.07) is 10.2. The second-order valence-corrected chi connectivity index (χ2v) is 12.0. The van der Waals surface area contributed by atoms with E-state index >= 15 is 0 Å². The van der Waals surface area contributed by atoms with Crippen LogP contribution in [0.3, 0.4) is 0 Å². The number of piperazine rings is 1. The molecule has 2 saturated heterocycles. The SMILES string of the molecule is CNCC(=O)NC(C(=O)N1CC2CCCN2CC1c1nc(-c2ccc(F)c3ccccc23)cs1)C1=CCCCC1. The number of hydrogen-bond donors (Lipinski definition) is 2. The van der Waals surface area contributed by atoms with E-state index in [4.69, 9.17) is 4.98 Å². The summed E-state index contributed by atoms with van der Waals surface area (Å²) in [4.78, 5) is 36.6. The first-order valence-corrected chi connectivity index (χ1v) is 15.2. The summed E-state index contributed by atoms with van der Waals surface area (Å²) in [5.41, 5.74) is 2.70. The number of rotatable bonds is 7. The molecule has 0 radical (unpaired) electrons. The molecule has 3 unspecified atom stereocenters. The molecule has 6 rings (SSSR count). The van der Waals surface area contributed by atoms with Gasteiger partial charge < -0.3 is 15.5 Å². The number of allylic oxidation sites excluding steroid dienone is 1. The molecular formula is C31H36FN5O2S. The van der Waals surface area contributed by atoms with Gasteiger partial charge in [-0.1, -0.05) is 30.3 Å². The van der Waals surface area contributed by atoms with Crippen molar-refractivity contribution in [1.82, 2.24) is 25.4 Å². The average molecular weight is 562 g/mol. The van der Waals surface area contributed by atoms with E-state index in [0.717, 1.165) is 78.8 Å². The van der Waals surface area contributed by atoms with Crippen LogP contribution in [0.25, 0.3) is 22.0 Å². The van der Waals surface area contributed by atoms with Crippen molar-refractivity contribution in [2.75, 3.05) is 33.2 Å². The molecule has 1 aliphatic carbocycles. The maximum Gasteiger partial charge on any atom is 0.250 e. The first-order chi connectivity index (χ1) is 19.5. The van der Waals surface area contributed by atoms with Crippen LogP contribution in [-0.2, 0) is 9.59 Å². The number of fused-ring (bicyclic) bond motifs is 2. The zero-order valence-corrected chi connectivity index (χ0v) is 23.7. The van der Waals surface area contributed by atoms with E-state index in [1.165, 1.54) is 6.07 Å². The third-order valence-electron chi connectivity index (χ3n) is 8.51. The number of carbonyl (C=O) groups is 2. The second-order valence-electron chi connectivity index (χ2n) is 11.1. The molecule has 3 atom stereocenters. The summed E-state index contributed by atoms with van der Waals surface area (Å²) in [7, 11) is 1.73. The largest absolute Gasteiger partial charge is 0.340 e. The van der Waals surface area contributed by atoms with Gasteiger partial charge in [-0.25, -0.2) is 9.37 Å². The van der Waals surface area contributed by atoms with E-state index in [-0.39, 0.29) is 30.2 Å². The second kappa shape index (κ2) is 11.8. The smallest absolute Gasteiger partial charge is 0.250 e. The number of amides is 2. The molecule has 3 aromatic rings.